The Kier molecular flexibility index (Phi) is 4.68. The number of aromatic nitrogens is 2. The smallest absolute Gasteiger partial charge is 0.272 e. The number of hydrogen-bond acceptors (Lipinski definition) is 5. The molecule has 0 aliphatic heterocycles. The van der Waals surface area contributed by atoms with E-state index in [9.17, 15) is 4.79 Å². The quantitative estimate of drug-likeness (QED) is 0.836. The van der Waals surface area contributed by atoms with Gasteiger partial charge in [0, 0.05) is 19.7 Å². The highest BCUT2D eigenvalue weighted by Gasteiger charge is 2.26. The fourth-order valence-electron chi connectivity index (χ4n) is 2.27. The summed E-state index contributed by atoms with van der Waals surface area (Å²) in [5, 5.41) is 13.9. The molecule has 2 rings (SSSR count). The van der Waals surface area contributed by atoms with Crippen LogP contribution >= 0.6 is 0 Å². The number of nitrogens with zero attached hydrogens (tertiary/aromatic N) is 2. The highest BCUT2D eigenvalue weighted by atomic mass is 16.5. The molecule has 1 saturated carbocycles. The van der Waals surface area contributed by atoms with E-state index in [-0.39, 0.29) is 18.1 Å². The molecule has 6 nitrogen and oxygen atoms in total. The van der Waals surface area contributed by atoms with Crippen molar-refractivity contribution in [1.29, 1.82) is 0 Å². The Morgan fingerprint density at radius 1 is 1.42 bits per heavy atom. The molecule has 2 unspecified atom stereocenters. The van der Waals surface area contributed by atoms with Gasteiger partial charge in [0.2, 0.25) is 0 Å². The van der Waals surface area contributed by atoms with Gasteiger partial charge in [0.15, 0.2) is 5.69 Å². The summed E-state index contributed by atoms with van der Waals surface area (Å²) in [6.07, 6.45) is 3.07. The summed E-state index contributed by atoms with van der Waals surface area (Å²) in [7, 11) is 1.71. The first-order chi connectivity index (χ1) is 9.22. The molecule has 6 heteroatoms. The van der Waals surface area contributed by atoms with E-state index in [4.69, 9.17) is 4.74 Å². The molecule has 0 aromatic carbocycles. The molecule has 0 bridgehead atoms. The van der Waals surface area contributed by atoms with E-state index in [0.717, 1.165) is 25.8 Å². The molecular weight excluding hydrogens is 244 g/mol. The van der Waals surface area contributed by atoms with E-state index < -0.39 is 0 Å². The van der Waals surface area contributed by atoms with Crippen molar-refractivity contribution in [2.24, 2.45) is 0 Å². The van der Waals surface area contributed by atoms with E-state index >= 15 is 0 Å². The van der Waals surface area contributed by atoms with E-state index in [1.807, 2.05) is 6.92 Å². The molecule has 1 fully saturated rings. The third kappa shape index (κ3) is 3.64. The lowest BCUT2D eigenvalue weighted by Crippen LogP contribution is -2.34. The number of amides is 1. The third-order valence-corrected chi connectivity index (χ3v) is 3.31. The number of nitrogens with one attached hydrogen (secondary N) is 2. The SMILES string of the molecule is CCNc1ccc(C(=O)NC2CCC(OC)C2)nn1. The zero-order valence-corrected chi connectivity index (χ0v) is 11.3. The molecule has 1 heterocycles. The Balaban J connectivity index is 1.89. The van der Waals surface area contributed by atoms with Crippen molar-refractivity contribution in [3.63, 3.8) is 0 Å². The molecule has 1 aromatic heterocycles. The Hall–Kier alpha value is -1.69. The minimum Gasteiger partial charge on any atom is -0.381 e. The van der Waals surface area contributed by atoms with Crippen molar-refractivity contribution in [3.05, 3.63) is 17.8 Å². The fraction of sp³-hybridized carbons (Fsp3) is 0.615. The van der Waals surface area contributed by atoms with Crippen LogP contribution in [0.25, 0.3) is 0 Å². The molecule has 2 atom stereocenters. The molecule has 0 radical (unpaired) electrons. The van der Waals surface area contributed by atoms with Crippen LogP contribution in [-0.2, 0) is 4.74 Å². The summed E-state index contributed by atoms with van der Waals surface area (Å²) in [6, 6.07) is 3.62. The lowest BCUT2D eigenvalue weighted by Gasteiger charge is -2.12. The maximum Gasteiger partial charge on any atom is 0.272 e. The summed E-state index contributed by atoms with van der Waals surface area (Å²) in [5.41, 5.74) is 0.350. The van der Waals surface area contributed by atoms with E-state index in [0.29, 0.717) is 11.5 Å². The van der Waals surface area contributed by atoms with Crippen molar-refractivity contribution < 1.29 is 9.53 Å². The van der Waals surface area contributed by atoms with Crippen LogP contribution in [0.4, 0.5) is 5.82 Å². The highest BCUT2D eigenvalue weighted by molar-refractivity contribution is 5.92. The Morgan fingerprint density at radius 2 is 2.26 bits per heavy atom. The largest absolute Gasteiger partial charge is 0.381 e. The van der Waals surface area contributed by atoms with Gasteiger partial charge in [-0.1, -0.05) is 0 Å². The molecule has 1 aliphatic carbocycles. The van der Waals surface area contributed by atoms with Gasteiger partial charge < -0.3 is 15.4 Å². The van der Waals surface area contributed by atoms with Gasteiger partial charge in [0.25, 0.3) is 5.91 Å². The number of carbonyl (C=O) groups excluding carboxylic acids is 1. The van der Waals surface area contributed by atoms with Crippen LogP contribution in [0.2, 0.25) is 0 Å². The summed E-state index contributed by atoms with van der Waals surface area (Å²) in [4.78, 5) is 12.0. The van der Waals surface area contributed by atoms with E-state index in [2.05, 4.69) is 20.8 Å². The number of rotatable bonds is 5. The zero-order chi connectivity index (χ0) is 13.7. The van der Waals surface area contributed by atoms with Gasteiger partial charge in [0.05, 0.1) is 6.10 Å². The van der Waals surface area contributed by atoms with Gasteiger partial charge in [-0.25, -0.2) is 0 Å². The average Bonchev–Trinajstić information content (AvgIpc) is 2.87. The van der Waals surface area contributed by atoms with Crippen molar-refractivity contribution >= 4 is 11.7 Å². The number of methoxy groups -OCH3 is 1. The van der Waals surface area contributed by atoms with Crippen molar-refractivity contribution in [1.82, 2.24) is 15.5 Å². The standard InChI is InChI=1S/C13H20N4O2/c1-3-14-12-7-6-11(16-17-12)13(18)15-9-4-5-10(8-9)19-2/h6-7,9-10H,3-5,8H2,1-2H3,(H,14,17)(H,15,18). The second-order valence-electron chi connectivity index (χ2n) is 4.68. The van der Waals surface area contributed by atoms with Gasteiger partial charge in [-0.3, -0.25) is 4.79 Å². The molecule has 104 valence electrons. The van der Waals surface area contributed by atoms with Crippen LogP contribution in [0.15, 0.2) is 12.1 Å². The number of hydrogen-bond donors (Lipinski definition) is 2. The third-order valence-electron chi connectivity index (χ3n) is 3.31. The maximum atomic E-state index is 12.0. The minimum atomic E-state index is -0.169. The van der Waals surface area contributed by atoms with Crippen molar-refractivity contribution in [3.8, 4) is 0 Å². The summed E-state index contributed by atoms with van der Waals surface area (Å²) in [6.45, 7) is 2.76. The predicted octanol–water partition coefficient (Wildman–Crippen LogP) is 1.21. The Bertz CT molecular complexity index is 421. The lowest BCUT2D eigenvalue weighted by molar-refractivity contribution is 0.0909. The second-order valence-corrected chi connectivity index (χ2v) is 4.68. The van der Waals surface area contributed by atoms with Crippen LogP contribution in [0, 0.1) is 0 Å². The summed E-state index contributed by atoms with van der Waals surface area (Å²) >= 11 is 0. The zero-order valence-electron chi connectivity index (χ0n) is 11.3. The molecule has 1 aromatic rings. The van der Waals surface area contributed by atoms with Crippen LogP contribution < -0.4 is 10.6 Å². The van der Waals surface area contributed by atoms with Gasteiger partial charge in [-0.05, 0) is 38.3 Å². The molecule has 2 N–H and O–H groups in total. The first-order valence-corrected chi connectivity index (χ1v) is 6.64. The first-order valence-electron chi connectivity index (χ1n) is 6.64. The lowest BCUT2D eigenvalue weighted by atomic mass is 10.2. The topological polar surface area (TPSA) is 76.1 Å². The van der Waals surface area contributed by atoms with Crippen molar-refractivity contribution in [2.45, 2.75) is 38.3 Å². The predicted molar refractivity (Wildman–Crippen MR) is 72.1 cm³/mol. The Labute approximate surface area is 112 Å². The van der Waals surface area contributed by atoms with Crippen LogP contribution in [-0.4, -0.2) is 41.9 Å². The van der Waals surface area contributed by atoms with E-state index in [1.54, 1.807) is 19.2 Å². The maximum absolute atomic E-state index is 12.0. The second kappa shape index (κ2) is 6.47. The molecule has 19 heavy (non-hydrogen) atoms. The molecule has 1 aliphatic rings. The van der Waals surface area contributed by atoms with Gasteiger partial charge in [-0.2, -0.15) is 0 Å². The number of carbonyl (C=O) groups is 1. The van der Waals surface area contributed by atoms with Crippen molar-refractivity contribution in [2.75, 3.05) is 19.0 Å². The highest BCUT2D eigenvalue weighted by Crippen LogP contribution is 2.21. The van der Waals surface area contributed by atoms with Crippen LogP contribution in [0.1, 0.15) is 36.7 Å². The van der Waals surface area contributed by atoms with Gasteiger partial charge in [0.1, 0.15) is 5.82 Å². The molecule has 0 spiro atoms. The first kappa shape index (κ1) is 13.7. The number of anilines is 1. The fourth-order valence-corrected chi connectivity index (χ4v) is 2.27. The summed E-state index contributed by atoms with van der Waals surface area (Å²) < 4.78 is 5.28. The minimum absolute atomic E-state index is 0.169. The molecular formula is C13H20N4O2. The van der Waals surface area contributed by atoms with Crippen LogP contribution in [0.3, 0.4) is 0 Å². The Morgan fingerprint density at radius 3 is 2.84 bits per heavy atom. The molecule has 0 saturated heterocycles. The monoisotopic (exact) mass is 264 g/mol. The average molecular weight is 264 g/mol. The number of ether oxygens (including phenoxy) is 1. The normalized spacial score (nSPS) is 22.2. The molecule has 1 amide bonds. The van der Waals surface area contributed by atoms with Gasteiger partial charge in [-0.15, -0.1) is 10.2 Å². The summed E-state index contributed by atoms with van der Waals surface area (Å²) in [5.74, 6) is 0.511. The van der Waals surface area contributed by atoms with Crippen LogP contribution in [0.5, 0.6) is 0 Å². The van der Waals surface area contributed by atoms with E-state index in [1.165, 1.54) is 0 Å². The van der Waals surface area contributed by atoms with Gasteiger partial charge >= 0.3 is 0 Å².